The van der Waals surface area contributed by atoms with Gasteiger partial charge in [-0.15, -0.1) is 11.3 Å². The molecule has 2 rings (SSSR count). The first-order valence-corrected chi connectivity index (χ1v) is 7.85. The smallest absolute Gasteiger partial charge is 0.135 e. The zero-order valence-electron chi connectivity index (χ0n) is 10.0. The van der Waals surface area contributed by atoms with E-state index in [1.165, 1.54) is 4.88 Å². The maximum Gasteiger partial charge on any atom is 0.135 e. The van der Waals surface area contributed by atoms with Gasteiger partial charge in [0.25, 0.3) is 0 Å². The van der Waals surface area contributed by atoms with Crippen molar-refractivity contribution >= 4 is 48.9 Å². The third kappa shape index (κ3) is 3.28. The van der Waals surface area contributed by atoms with Gasteiger partial charge in [0.05, 0.1) is 21.4 Å². The van der Waals surface area contributed by atoms with Crippen molar-refractivity contribution in [2.45, 2.75) is 13.0 Å². The Kier molecular flexibility index (Phi) is 4.70. The summed E-state index contributed by atoms with van der Waals surface area (Å²) in [5, 5.41) is 3.46. The lowest BCUT2D eigenvalue weighted by Gasteiger charge is -2.15. The van der Waals surface area contributed by atoms with E-state index in [4.69, 9.17) is 4.74 Å². The van der Waals surface area contributed by atoms with Gasteiger partial charge in [-0.1, -0.05) is 0 Å². The van der Waals surface area contributed by atoms with Crippen LogP contribution in [-0.4, -0.2) is 7.11 Å². The van der Waals surface area contributed by atoms with E-state index in [0.717, 1.165) is 19.7 Å². The number of halogens is 2. The molecule has 1 aromatic carbocycles. The number of benzene rings is 1. The van der Waals surface area contributed by atoms with Crippen molar-refractivity contribution in [2.75, 3.05) is 12.4 Å². The van der Waals surface area contributed by atoms with Crippen LogP contribution >= 0.6 is 43.2 Å². The van der Waals surface area contributed by atoms with Gasteiger partial charge < -0.3 is 10.1 Å². The Labute approximate surface area is 128 Å². The molecule has 0 spiro atoms. The quantitative estimate of drug-likeness (QED) is 0.748. The fraction of sp³-hybridized carbons (Fsp3) is 0.231. The lowest BCUT2D eigenvalue weighted by molar-refractivity contribution is 0.412. The van der Waals surface area contributed by atoms with Crippen LogP contribution in [0.25, 0.3) is 0 Å². The molecule has 1 N–H and O–H groups in total. The minimum absolute atomic E-state index is 0.271. The normalized spacial score (nSPS) is 12.2. The van der Waals surface area contributed by atoms with E-state index in [-0.39, 0.29) is 6.04 Å². The lowest BCUT2D eigenvalue weighted by atomic mass is 10.2. The molecule has 2 nitrogen and oxygen atoms in total. The number of nitrogens with one attached hydrogen (secondary N) is 1. The fourth-order valence-corrected chi connectivity index (χ4v) is 3.47. The van der Waals surface area contributed by atoms with Crippen molar-refractivity contribution in [3.63, 3.8) is 0 Å². The number of hydrogen-bond acceptors (Lipinski definition) is 3. The van der Waals surface area contributed by atoms with Crippen molar-refractivity contribution in [1.29, 1.82) is 0 Å². The SMILES string of the molecule is COc1cc(NC(C)c2ccc(Br)s2)ccc1Br. The Morgan fingerprint density at radius 3 is 2.61 bits per heavy atom. The molecule has 0 amide bonds. The molecule has 0 saturated carbocycles. The van der Waals surface area contributed by atoms with Crippen LogP contribution in [0.4, 0.5) is 5.69 Å². The van der Waals surface area contributed by atoms with E-state index >= 15 is 0 Å². The summed E-state index contributed by atoms with van der Waals surface area (Å²) in [5.74, 6) is 0.833. The summed E-state index contributed by atoms with van der Waals surface area (Å²) in [7, 11) is 1.67. The number of ether oxygens (including phenoxy) is 1. The van der Waals surface area contributed by atoms with Crippen molar-refractivity contribution in [3.05, 3.63) is 43.5 Å². The molecule has 0 aliphatic heterocycles. The maximum atomic E-state index is 5.29. The van der Waals surface area contributed by atoms with Crippen LogP contribution in [-0.2, 0) is 0 Å². The van der Waals surface area contributed by atoms with Crippen molar-refractivity contribution in [2.24, 2.45) is 0 Å². The Morgan fingerprint density at radius 1 is 1.22 bits per heavy atom. The molecule has 1 atom stereocenters. The van der Waals surface area contributed by atoms with Gasteiger partial charge in [0.15, 0.2) is 0 Å². The summed E-state index contributed by atoms with van der Waals surface area (Å²) in [6.07, 6.45) is 0. The fourth-order valence-electron chi connectivity index (χ4n) is 1.63. The third-order valence-corrected chi connectivity index (χ3v) is 5.02. The molecule has 1 heterocycles. The molecule has 0 bridgehead atoms. The Morgan fingerprint density at radius 2 is 2.00 bits per heavy atom. The van der Waals surface area contributed by atoms with Gasteiger partial charge in [-0.05, 0) is 63.0 Å². The summed E-state index contributed by atoms with van der Waals surface area (Å²) >= 11 is 8.67. The first-order valence-electron chi connectivity index (χ1n) is 5.45. The highest BCUT2D eigenvalue weighted by molar-refractivity contribution is 9.11. The highest BCUT2D eigenvalue weighted by atomic mass is 79.9. The number of anilines is 1. The van der Waals surface area contributed by atoms with Crippen LogP contribution in [0.2, 0.25) is 0 Å². The van der Waals surface area contributed by atoms with Crippen LogP contribution in [0.5, 0.6) is 5.75 Å². The molecule has 0 saturated heterocycles. The summed E-state index contributed by atoms with van der Waals surface area (Å²) in [6.45, 7) is 2.15. The topological polar surface area (TPSA) is 21.3 Å². The minimum atomic E-state index is 0.271. The van der Waals surface area contributed by atoms with Crippen molar-refractivity contribution < 1.29 is 4.74 Å². The van der Waals surface area contributed by atoms with Crippen LogP contribution in [0, 0.1) is 0 Å². The number of hydrogen-bond donors (Lipinski definition) is 1. The molecule has 18 heavy (non-hydrogen) atoms. The second-order valence-corrected chi connectivity index (χ2v) is 7.21. The van der Waals surface area contributed by atoms with Crippen molar-refractivity contribution in [3.8, 4) is 5.75 Å². The Hall–Kier alpha value is -0.520. The van der Waals surface area contributed by atoms with Gasteiger partial charge in [0.2, 0.25) is 0 Å². The number of methoxy groups -OCH3 is 1. The Bertz CT molecular complexity index is 542. The zero-order valence-corrected chi connectivity index (χ0v) is 14.0. The molecule has 0 fully saturated rings. The molecule has 0 aliphatic rings. The highest BCUT2D eigenvalue weighted by Crippen LogP contribution is 2.32. The Balaban J connectivity index is 2.14. The van der Waals surface area contributed by atoms with Gasteiger partial charge in [0.1, 0.15) is 5.75 Å². The van der Waals surface area contributed by atoms with Gasteiger partial charge >= 0.3 is 0 Å². The van der Waals surface area contributed by atoms with Crippen LogP contribution in [0.15, 0.2) is 38.6 Å². The number of thiophene rings is 1. The molecule has 0 radical (unpaired) electrons. The zero-order chi connectivity index (χ0) is 13.1. The molecular formula is C13H13Br2NOS. The van der Waals surface area contributed by atoms with Crippen molar-refractivity contribution in [1.82, 2.24) is 0 Å². The van der Waals surface area contributed by atoms with Gasteiger partial charge in [-0.3, -0.25) is 0 Å². The average Bonchev–Trinajstić information content (AvgIpc) is 2.78. The van der Waals surface area contributed by atoms with E-state index in [9.17, 15) is 0 Å². The first kappa shape index (κ1) is 13.9. The molecule has 1 aromatic heterocycles. The first-order chi connectivity index (χ1) is 8.60. The van der Waals surface area contributed by atoms with Crippen LogP contribution in [0.1, 0.15) is 17.8 Å². The minimum Gasteiger partial charge on any atom is -0.495 e. The predicted molar refractivity (Wildman–Crippen MR) is 84.8 cm³/mol. The monoisotopic (exact) mass is 389 g/mol. The molecule has 0 aliphatic carbocycles. The molecule has 2 aromatic rings. The lowest BCUT2D eigenvalue weighted by Crippen LogP contribution is -2.04. The third-order valence-electron chi connectivity index (χ3n) is 2.56. The largest absolute Gasteiger partial charge is 0.495 e. The maximum absolute atomic E-state index is 5.29. The molecule has 96 valence electrons. The van der Waals surface area contributed by atoms with E-state index in [2.05, 4.69) is 56.2 Å². The summed E-state index contributed by atoms with van der Waals surface area (Å²) < 4.78 is 7.40. The van der Waals surface area contributed by atoms with E-state index < -0.39 is 0 Å². The standard InChI is InChI=1S/C13H13Br2NOS/c1-8(12-5-6-13(15)18-12)16-9-3-4-10(14)11(7-9)17-2/h3-8,16H,1-2H3. The molecule has 5 heteroatoms. The van der Waals surface area contributed by atoms with Gasteiger partial charge in [-0.25, -0.2) is 0 Å². The number of rotatable bonds is 4. The predicted octanol–water partition coefficient (Wildman–Crippen LogP) is 5.45. The summed E-state index contributed by atoms with van der Waals surface area (Å²) in [5.41, 5.74) is 1.05. The summed E-state index contributed by atoms with van der Waals surface area (Å²) in [4.78, 5) is 1.30. The van der Waals surface area contributed by atoms with E-state index in [1.807, 2.05) is 18.2 Å². The summed E-state index contributed by atoms with van der Waals surface area (Å²) in [6, 6.07) is 10.5. The molecular weight excluding hydrogens is 378 g/mol. The van der Waals surface area contributed by atoms with Gasteiger partial charge in [-0.2, -0.15) is 0 Å². The van der Waals surface area contributed by atoms with E-state index in [1.54, 1.807) is 18.4 Å². The van der Waals surface area contributed by atoms with Gasteiger partial charge in [0, 0.05) is 16.6 Å². The second kappa shape index (κ2) is 6.08. The average molecular weight is 391 g/mol. The highest BCUT2D eigenvalue weighted by Gasteiger charge is 2.09. The molecule has 1 unspecified atom stereocenters. The van der Waals surface area contributed by atoms with E-state index in [0.29, 0.717) is 0 Å². The second-order valence-electron chi connectivity index (χ2n) is 3.86. The van der Waals surface area contributed by atoms with Crippen LogP contribution < -0.4 is 10.1 Å². The van der Waals surface area contributed by atoms with Crippen LogP contribution in [0.3, 0.4) is 0 Å².